The van der Waals surface area contributed by atoms with Crippen LogP contribution in [0.3, 0.4) is 0 Å². The van der Waals surface area contributed by atoms with Crippen molar-refractivity contribution < 1.29 is 58.4 Å². The van der Waals surface area contributed by atoms with E-state index in [0.29, 0.717) is 0 Å². The second-order valence-corrected chi connectivity index (χ2v) is 17.9. The smallest absolute Gasteiger partial charge is 0.658 e. The van der Waals surface area contributed by atoms with Crippen molar-refractivity contribution in [2.45, 2.75) is 79.6 Å². The first kappa shape index (κ1) is 51.8. The van der Waals surface area contributed by atoms with Crippen LogP contribution < -0.4 is 19.9 Å². The van der Waals surface area contributed by atoms with Gasteiger partial charge in [0.1, 0.15) is 0 Å². The van der Waals surface area contributed by atoms with E-state index in [0.717, 1.165) is 108 Å². The first-order valence-electron chi connectivity index (χ1n) is 20.9. The van der Waals surface area contributed by atoms with Crippen LogP contribution in [-0.2, 0) is 82.1 Å². The summed E-state index contributed by atoms with van der Waals surface area (Å²) < 4.78 is 0. The maximum Gasteiger partial charge on any atom is 2.00 e. The van der Waals surface area contributed by atoms with Gasteiger partial charge < -0.3 is 27.4 Å². The Morgan fingerprint density at radius 2 is 0.818 bits per heavy atom. The Kier molecular flexibility index (Phi) is 16.0. The molecule has 8 nitrogen and oxygen atoms in total. The van der Waals surface area contributed by atoms with E-state index in [1.165, 1.54) is 22.3 Å². The Labute approximate surface area is 427 Å². The molecule has 4 aliphatic heterocycles. The maximum absolute atomic E-state index is 5.06. The molecular weight excluding hydrogens is 969 g/mol. The van der Waals surface area contributed by atoms with Crippen molar-refractivity contribution >= 4 is 68.4 Å². The van der Waals surface area contributed by atoms with Gasteiger partial charge in [0, 0.05) is 65.9 Å². The summed E-state index contributed by atoms with van der Waals surface area (Å²) in [4.78, 5) is 38.7. The molecule has 1 aromatic carbocycles. The molecule has 10 heterocycles. The minimum absolute atomic E-state index is 0. The number of nitrogens with zero attached hydrogens (tertiary/aromatic N) is 8. The van der Waals surface area contributed by atoms with Crippen molar-refractivity contribution in [2.75, 3.05) is 0 Å². The van der Waals surface area contributed by atoms with Crippen molar-refractivity contribution in [2.24, 2.45) is 0 Å². The maximum atomic E-state index is 5.06. The molecule has 4 aliphatic rings. The average molecular weight is 1020 g/mol. The van der Waals surface area contributed by atoms with Crippen LogP contribution in [0.25, 0.3) is 79.6 Å². The van der Waals surface area contributed by atoms with Crippen LogP contribution in [0.2, 0.25) is 0 Å². The zero-order chi connectivity index (χ0) is 42.0. The third kappa shape index (κ3) is 10.8. The zero-order valence-corrected chi connectivity index (χ0v) is 47.6. The molecule has 11 heteroatoms. The summed E-state index contributed by atoms with van der Waals surface area (Å²) in [7, 11) is 0. The van der Waals surface area contributed by atoms with Crippen molar-refractivity contribution in [1.29, 1.82) is 0 Å². The van der Waals surface area contributed by atoms with Gasteiger partial charge in [0.2, 0.25) is 0 Å². The van der Waals surface area contributed by atoms with Gasteiger partial charge in [-0.3, -0.25) is 9.97 Å². The number of benzene rings is 1. The molecule has 16 bridgehead atoms. The van der Waals surface area contributed by atoms with E-state index in [2.05, 4.69) is 125 Å². The number of rotatable bonds is 1. The van der Waals surface area contributed by atoms with Crippen LogP contribution in [0.4, 0.5) is 0 Å². The molecule has 0 aliphatic carbocycles. The summed E-state index contributed by atoms with van der Waals surface area (Å²) in [6, 6.07) is 35.3. The van der Waals surface area contributed by atoms with E-state index < -0.39 is 0 Å². The third-order valence-electron chi connectivity index (χ3n) is 11.7. The van der Waals surface area contributed by atoms with Gasteiger partial charge in [-0.15, -0.1) is 44.1 Å². The van der Waals surface area contributed by atoms with Crippen molar-refractivity contribution in [1.82, 2.24) is 39.9 Å². The second kappa shape index (κ2) is 20.4. The number of fused-ring (bicyclic) bond motifs is 16. The molecule has 0 unspecified atom stereocenters. The van der Waals surface area contributed by atoms with Gasteiger partial charge in [0.05, 0.1) is 22.8 Å². The quantitative estimate of drug-likeness (QED) is 0.118. The molecule has 0 atom stereocenters. The first-order valence-corrected chi connectivity index (χ1v) is 20.9. The van der Waals surface area contributed by atoms with Crippen molar-refractivity contribution in [3.05, 3.63) is 173 Å². The standard InChI is InChI=1S/C31H28N4.C22H18N4.CH4.CH3.3Zn/c1-18-12-19(2)29(20(3)13-18)30-26-10-8-22(33-26)14-21-6-7-24(32-21)16-28-31(4,5)17-25(35-28)15-23-9-11-27(30)34-23;1-22(2)13-20-11-18-6-5-16(24-18)9-14-3-4-15(23-14)10-17-7-8-19(25-17)12-21(22)26-20;;;;;/h6-16H,17H2,1-5H3;3-12H,13H2,1-2H3;1H4;1H3;;;/q2*-2;;-1;;2*+2. The second-order valence-electron chi connectivity index (χ2n) is 17.9. The summed E-state index contributed by atoms with van der Waals surface area (Å²) in [6.45, 7) is 15.4. The van der Waals surface area contributed by atoms with Crippen LogP contribution >= 0.6 is 0 Å². The van der Waals surface area contributed by atoms with Crippen molar-refractivity contribution in [3.63, 3.8) is 0 Å². The number of aromatic nitrogens is 8. The van der Waals surface area contributed by atoms with Crippen LogP contribution in [0.5, 0.6) is 0 Å². The molecule has 11 rings (SSSR count). The Bertz CT molecular complexity index is 3300. The fourth-order valence-electron chi connectivity index (χ4n) is 8.85. The van der Waals surface area contributed by atoms with Crippen LogP contribution in [-0.4, -0.2) is 19.9 Å². The van der Waals surface area contributed by atoms with E-state index in [1.54, 1.807) is 0 Å². The molecule has 7 aromatic rings. The summed E-state index contributed by atoms with van der Waals surface area (Å²) >= 11 is 0. The summed E-state index contributed by atoms with van der Waals surface area (Å²) in [6.07, 6.45) is 9.94. The van der Waals surface area contributed by atoms with E-state index in [4.69, 9.17) is 29.9 Å². The molecule has 66 heavy (non-hydrogen) atoms. The molecule has 6 aromatic heterocycles. The van der Waals surface area contributed by atoms with Gasteiger partial charge in [0.15, 0.2) is 0 Å². The monoisotopic (exact) mass is 1020 g/mol. The van der Waals surface area contributed by atoms with E-state index in [9.17, 15) is 0 Å². The Morgan fingerprint density at radius 1 is 0.439 bits per heavy atom. The van der Waals surface area contributed by atoms with Gasteiger partial charge in [-0.25, -0.2) is 9.97 Å². The molecule has 0 fully saturated rings. The Hall–Kier alpha value is -5.19. The van der Waals surface area contributed by atoms with Gasteiger partial charge in [-0.1, -0.05) is 144 Å². The normalized spacial score (nSPS) is 13.7. The van der Waals surface area contributed by atoms with Gasteiger partial charge in [0.25, 0.3) is 0 Å². The number of hydrogen-bond acceptors (Lipinski definition) is 4. The molecule has 0 N–H and O–H groups in total. The summed E-state index contributed by atoms with van der Waals surface area (Å²) in [5.41, 5.74) is 21.2. The molecule has 0 radical (unpaired) electrons. The average Bonchev–Trinajstić information content (AvgIpc) is 4.04. The summed E-state index contributed by atoms with van der Waals surface area (Å²) in [5.74, 6) is 0. The molecule has 0 saturated heterocycles. The minimum Gasteiger partial charge on any atom is -0.658 e. The largest absolute Gasteiger partial charge is 2.00 e. The Morgan fingerprint density at radius 3 is 1.29 bits per heavy atom. The SMILES string of the molecule is C.CC1(C)Cc2cc3ccc(cc4nc(cc5ccc(cc1n2)[n-]5)C=C4)[n-]3.Cc1cc(C)c(-c2c3nc(cc4ccc(cc5nc(cc6ccc2[n-]6)CC5(C)C)[n-]4)C=C3)c(C)c1.[CH3-].[Zn+2].[Zn+2].[Zn]. The molecular formula is C55H53N8Zn3-. The zero-order valence-electron chi connectivity index (χ0n) is 38.7. The molecule has 320 valence electrons. The van der Waals surface area contributed by atoms with Gasteiger partial charge in [-0.2, -0.15) is 0 Å². The Balaban J connectivity index is 0.000000238. The number of hydrogen-bond donors (Lipinski definition) is 0. The predicted octanol–water partition coefficient (Wildman–Crippen LogP) is 12.2. The van der Waals surface area contributed by atoms with E-state index >= 15 is 0 Å². The topological polar surface area (TPSA) is 108 Å². The van der Waals surface area contributed by atoms with E-state index in [-0.39, 0.29) is 84.1 Å². The van der Waals surface area contributed by atoms with Gasteiger partial charge >= 0.3 is 39.0 Å². The molecule has 0 spiro atoms. The fourth-order valence-corrected chi connectivity index (χ4v) is 8.85. The fraction of sp³-hybridized carbons (Fsp3) is 0.218. The van der Waals surface area contributed by atoms with E-state index in [1.807, 2.05) is 60.7 Å². The third-order valence-corrected chi connectivity index (χ3v) is 11.7. The van der Waals surface area contributed by atoms with Crippen LogP contribution in [0, 0.1) is 28.2 Å². The van der Waals surface area contributed by atoms with Crippen molar-refractivity contribution in [3.8, 4) is 11.1 Å². The van der Waals surface area contributed by atoms with Gasteiger partial charge in [-0.05, 0) is 67.3 Å². The van der Waals surface area contributed by atoms with Crippen LogP contribution in [0.15, 0.2) is 103 Å². The van der Waals surface area contributed by atoms with Crippen LogP contribution in [0.1, 0.15) is 97.4 Å². The molecule has 0 saturated carbocycles. The first-order chi connectivity index (χ1) is 29.3. The summed E-state index contributed by atoms with van der Waals surface area (Å²) in [5, 5.41) is 0. The molecule has 0 amide bonds. The minimum atomic E-state index is -0.0484. The predicted molar refractivity (Wildman–Crippen MR) is 262 cm³/mol. The number of aryl methyl sites for hydroxylation is 3.